The summed E-state index contributed by atoms with van der Waals surface area (Å²) in [7, 11) is 0. The van der Waals surface area contributed by atoms with Crippen molar-refractivity contribution in [3.8, 4) is 0 Å². The Kier molecular flexibility index (Phi) is 3.77. The lowest BCUT2D eigenvalue weighted by Gasteiger charge is -2.03. The first-order valence-corrected chi connectivity index (χ1v) is 6.16. The summed E-state index contributed by atoms with van der Waals surface area (Å²) in [4.78, 5) is 16.1. The molecule has 0 N–H and O–H groups in total. The lowest BCUT2D eigenvalue weighted by atomic mass is 10.1. The molecule has 0 bridgehead atoms. The second-order valence-corrected chi connectivity index (χ2v) is 4.49. The molecule has 0 saturated carbocycles. The molecule has 0 aromatic carbocycles. The zero-order valence-electron chi connectivity index (χ0n) is 10.4. The number of pyridine rings is 1. The Labute approximate surface area is 111 Å². The standard InChI is InChI=1S/C13H14ClN3O/c1-3-17-11(6-9(2)16-17)7-13(18)12-5-4-10(14)8-15-12/h4-6,8H,3,7H2,1-2H3. The monoisotopic (exact) mass is 263 g/mol. The molecule has 2 heterocycles. The van der Waals surface area contributed by atoms with Gasteiger partial charge in [0.2, 0.25) is 0 Å². The maximum Gasteiger partial charge on any atom is 0.187 e. The van der Waals surface area contributed by atoms with Crippen molar-refractivity contribution < 1.29 is 4.79 Å². The smallest absolute Gasteiger partial charge is 0.187 e. The van der Waals surface area contributed by atoms with E-state index >= 15 is 0 Å². The molecule has 2 aromatic rings. The van der Waals surface area contributed by atoms with Crippen LogP contribution in [0.4, 0.5) is 0 Å². The van der Waals surface area contributed by atoms with E-state index < -0.39 is 0 Å². The van der Waals surface area contributed by atoms with Crippen molar-refractivity contribution in [2.24, 2.45) is 0 Å². The predicted molar refractivity (Wildman–Crippen MR) is 69.9 cm³/mol. The Hall–Kier alpha value is -1.68. The largest absolute Gasteiger partial charge is 0.292 e. The van der Waals surface area contributed by atoms with Gasteiger partial charge < -0.3 is 0 Å². The topological polar surface area (TPSA) is 47.8 Å². The fraction of sp³-hybridized carbons (Fsp3) is 0.308. The minimum absolute atomic E-state index is 0.0266. The molecule has 0 amide bonds. The van der Waals surface area contributed by atoms with Gasteiger partial charge in [-0.3, -0.25) is 14.5 Å². The van der Waals surface area contributed by atoms with Crippen LogP contribution in [0.3, 0.4) is 0 Å². The average molecular weight is 264 g/mol. The highest BCUT2D eigenvalue weighted by atomic mass is 35.5. The van der Waals surface area contributed by atoms with Crippen molar-refractivity contribution in [1.82, 2.24) is 14.8 Å². The van der Waals surface area contributed by atoms with E-state index in [4.69, 9.17) is 11.6 Å². The normalized spacial score (nSPS) is 10.6. The van der Waals surface area contributed by atoms with Crippen molar-refractivity contribution in [2.75, 3.05) is 0 Å². The fourth-order valence-corrected chi connectivity index (χ4v) is 1.92. The number of aromatic nitrogens is 3. The first-order valence-electron chi connectivity index (χ1n) is 5.78. The van der Waals surface area contributed by atoms with Crippen LogP contribution in [-0.2, 0) is 13.0 Å². The van der Waals surface area contributed by atoms with E-state index in [0.29, 0.717) is 17.1 Å². The van der Waals surface area contributed by atoms with Gasteiger partial charge in [0.25, 0.3) is 0 Å². The summed E-state index contributed by atoms with van der Waals surface area (Å²) in [6, 6.07) is 5.24. The van der Waals surface area contributed by atoms with Gasteiger partial charge in [0.1, 0.15) is 5.69 Å². The number of nitrogens with zero attached hydrogens (tertiary/aromatic N) is 3. The lowest BCUT2D eigenvalue weighted by molar-refractivity contribution is 0.0986. The second kappa shape index (κ2) is 5.31. The van der Waals surface area contributed by atoms with Crippen LogP contribution in [0.5, 0.6) is 0 Å². The van der Waals surface area contributed by atoms with Crippen LogP contribution < -0.4 is 0 Å². The van der Waals surface area contributed by atoms with Gasteiger partial charge in [-0.25, -0.2) is 0 Å². The Morgan fingerprint density at radius 3 is 2.83 bits per heavy atom. The predicted octanol–water partition coefficient (Wildman–Crippen LogP) is 2.69. The summed E-state index contributed by atoms with van der Waals surface area (Å²) in [5, 5.41) is 4.84. The Morgan fingerprint density at radius 1 is 1.44 bits per heavy atom. The third kappa shape index (κ3) is 2.76. The lowest BCUT2D eigenvalue weighted by Crippen LogP contribution is -2.10. The minimum atomic E-state index is -0.0266. The van der Waals surface area contributed by atoms with E-state index in [1.54, 1.807) is 12.1 Å². The first kappa shape index (κ1) is 12.8. The van der Waals surface area contributed by atoms with Crippen molar-refractivity contribution in [1.29, 1.82) is 0 Å². The SMILES string of the molecule is CCn1nc(C)cc1CC(=O)c1ccc(Cl)cn1. The Balaban J connectivity index is 2.18. The number of rotatable bonds is 4. The average Bonchev–Trinajstić information content (AvgIpc) is 2.70. The molecule has 0 fully saturated rings. The van der Waals surface area contributed by atoms with E-state index in [1.807, 2.05) is 24.6 Å². The van der Waals surface area contributed by atoms with E-state index in [1.165, 1.54) is 6.20 Å². The van der Waals surface area contributed by atoms with Crippen molar-refractivity contribution in [3.05, 3.63) is 46.5 Å². The molecule has 5 heteroatoms. The second-order valence-electron chi connectivity index (χ2n) is 4.05. The molecule has 0 radical (unpaired) electrons. The molecular weight excluding hydrogens is 250 g/mol. The van der Waals surface area contributed by atoms with Gasteiger partial charge in [0.15, 0.2) is 5.78 Å². The first-order chi connectivity index (χ1) is 8.60. The molecule has 0 atom stereocenters. The maximum atomic E-state index is 12.1. The van der Waals surface area contributed by atoms with Gasteiger partial charge in [-0.15, -0.1) is 0 Å². The van der Waals surface area contributed by atoms with Gasteiger partial charge in [-0.2, -0.15) is 5.10 Å². The summed E-state index contributed by atoms with van der Waals surface area (Å²) < 4.78 is 1.84. The molecule has 2 rings (SSSR count). The Bertz CT molecular complexity index is 560. The summed E-state index contributed by atoms with van der Waals surface area (Å²) >= 11 is 5.74. The molecule has 0 saturated heterocycles. The number of hydrogen-bond donors (Lipinski definition) is 0. The van der Waals surface area contributed by atoms with Crippen LogP contribution in [-0.4, -0.2) is 20.5 Å². The number of ketones is 1. The molecule has 18 heavy (non-hydrogen) atoms. The molecule has 4 nitrogen and oxygen atoms in total. The van der Waals surface area contributed by atoms with Crippen molar-refractivity contribution >= 4 is 17.4 Å². The Morgan fingerprint density at radius 2 is 2.22 bits per heavy atom. The summed E-state index contributed by atoms with van der Waals surface area (Å²) in [5.41, 5.74) is 2.27. The van der Waals surface area contributed by atoms with Crippen molar-refractivity contribution in [2.45, 2.75) is 26.8 Å². The van der Waals surface area contributed by atoms with E-state index in [-0.39, 0.29) is 5.78 Å². The number of hydrogen-bond acceptors (Lipinski definition) is 3. The number of carbonyl (C=O) groups excluding carboxylic acids is 1. The van der Waals surface area contributed by atoms with E-state index in [9.17, 15) is 4.79 Å². The maximum absolute atomic E-state index is 12.1. The quantitative estimate of drug-likeness (QED) is 0.797. The highest BCUT2D eigenvalue weighted by Gasteiger charge is 2.12. The van der Waals surface area contributed by atoms with Crippen LogP contribution in [0.15, 0.2) is 24.4 Å². The van der Waals surface area contributed by atoms with Gasteiger partial charge in [0.05, 0.1) is 17.1 Å². The summed E-state index contributed by atoms with van der Waals surface area (Å²) in [6.07, 6.45) is 1.79. The molecule has 2 aromatic heterocycles. The third-order valence-electron chi connectivity index (χ3n) is 2.64. The molecule has 0 aliphatic rings. The fourth-order valence-electron chi connectivity index (χ4n) is 1.81. The van der Waals surface area contributed by atoms with Crippen LogP contribution in [0.2, 0.25) is 5.02 Å². The minimum Gasteiger partial charge on any atom is -0.292 e. The zero-order chi connectivity index (χ0) is 13.1. The van der Waals surface area contributed by atoms with Crippen LogP contribution in [0, 0.1) is 6.92 Å². The molecule has 0 spiro atoms. The molecular formula is C13H14ClN3O. The number of Topliss-reactive ketones (excluding diaryl/α,β-unsaturated/α-hetero) is 1. The van der Waals surface area contributed by atoms with E-state index in [2.05, 4.69) is 10.1 Å². The number of carbonyl (C=O) groups is 1. The number of aryl methyl sites for hydroxylation is 2. The van der Waals surface area contributed by atoms with E-state index in [0.717, 1.165) is 17.9 Å². The highest BCUT2D eigenvalue weighted by Crippen LogP contribution is 2.10. The summed E-state index contributed by atoms with van der Waals surface area (Å²) in [5.74, 6) is -0.0266. The van der Waals surface area contributed by atoms with Crippen molar-refractivity contribution in [3.63, 3.8) is 0 Å². The van der Waals surface area contributed by atoms with Gasteiger partial charge in [-0.05, 0) is 32.0 Å². The van der Waals surface area contributed by atoms with Gasteiger partial charge in [0, 0.05) is 18.4 Å². The third-order valence-corrected chi connectivity index (χ3v) is 2.86. The molecule has 94 valence electrons. The van der Waals surface area contributed by atoms with Gasteiger partial charge >= 0.3 is 0 Å². The molecule has 0 aliphatic heterocycles. The summed E-state index contributed by atoms with van der Waals surface area (Å²) in [6.45, 7) is 4.67. The molecule has 0 aliphatic carbocycles. The highest BCUT2D eigenvalue weighted by molar-refractivity contribution is 6.30. The van der Waals surface area contributed by atoms with Crippen LogP contribution in [0.25, 0.3) is 0 Å². The van der Waals surface area contributed by atoms with Gasteiger partial charge in [-0.1, -0.05) is 11.6 Å². The zero-order valence-corrected chi connectivity index (χ0v) is 11.1. The number of halogens is 1. The van der Waals surface area contributed by atoms with Crippen LogP contribution in [0.1, 0.15) is 28.8 Å². The molecule has 0 unspecified atom stereocenters. The van der Waals surface area contributed by atoms with Crippen LogP contribution >= 0.6 is 11.6 Å².